The Balaban J connectivity index is 1.91. The van der Waals surface area contributed by atoms with E-state index in [-0.39, 0.29) is 0 Å². The standard InChI is InChI=1S/C19H32N2/c1-3-14-20-19(18-11-7-4-8-12-18)13-16-21-15-9-5-6-10-17(21)2/h4,7-8,11-12,17,19-20H,3,5-6,9-10,13-16H2,1-2H3. The average molecular weight is 288 g/mol. The molecule has 118 valence electrons. The van der Waals surface area contributed by atoms with Crippen LogP contribution in [-0.4, -0.2) is 30.6 Å². The Morgan fingerprint density at radius 3 is 2.76 bits per heavy atom. The molecule has 0 spiro atoms. The van der Waals surface area contributed by atoms with Gasteiger partial charge >= 0.3 is 0 Å². The number of rotatable bonds is 7. The van der Waals surface area contributed by atoms with Crippen LogP contribution in [0, 0.1) is 0 Å². The molecule has 1 aliphatic heterocycles. The highest BCUT2D eigenvalue weighted by Crippen LogP contribution is 2.21. The highest BCUT2D eigenvalue weighted by molar-refractivity contribution is 5.18. The third-order valence-corrected chi connectivity index (χ3v) is 4.74. The molecule has 1 heterocycles. The van der Waals surface area contributed by atoms with E-state index in [2.05, 4.69) is 54.4 Å². The number of nitrogens with one attached hydrogen (secondary N) is 1. The van der Waals surface area contributed by atoms with Crippen LogP contribution in [0.15, 0.2) is 30.3 Å². The van der Waals surface area contributed by atoms with E-state index >= 15 is 0 Å². The van der Waals surface area contributed by atoms with E-state index in [4.69, 9.17) is 0 Å². The maximum absolute atomic E-state index is 3.73. The van der Waals surface area contributed by atoms with Crippen molar-refractivity contribution < 1.29 is 0 Å². The lowest BCUT2D eigenvalue weighted by Gasteiger charge is -2.29. The third-order valence-electron chi connectivity index (χ3n) is 4.74. The van der Waals surface area contributed by atoms with Crippen molar-refractivity contribution >= 4 is 0 Å². The maximum atomic E-state index is 3.73. The Hall–Kier alpha value is -0.860. The van der Waals surface area contributed by atoms with Crippen molar-refractivity contribution in [2.45, 2.75) is 64.5 Å². The van der Waals surface area contributed by atoms with E-state index in [9.17, 15) is 0 Å². The van der Waals surface area contributed by atoms with Crippen molar-refractivity contribution in [3.63, 3.8) is 0 Å². The fourth-order valence-electron chi connectivity index (χ4n) is 3.35. The minimum absolute atomic E-state index is 0.501. The molecule has 0 aliphatic carbocycles. The number of nitrogens with zero attached hydrogens (tertiary/aromatic N) is 1. The van der Waals surface area contributed by atoms with Gasteiger partial charge in [0.05, 0.1) is 0 Å². The van der Waals surface area contributed by atoms with Gasteiger partial charge in [0.1, 0.15) is 0 Å². The van der Waals surface area contributed by atoms with Crippen molar-refractivity contribution in [3.8, 4) is 0 Å². The molecule has 1 saturated heterocycles. The van der Waals surface area contributed by atoms with E-state index in [0.29, 0.717) is 6.04 Å². The highest BCUT2D eigenvalue weighted by atomic mass is 15.1. The quantitative estimate of drug-likeness (QED) is 0.801. The largest absolute Gasteiger partial charge is 0.310 e. The number of benzene rings is 1. The first-order valence-electron chi connectivity index (χ1n) is 8.83. The molecule has 2 heteroatoms. The normalized spacial score (nSPS) is 21.9. The summed E-state index contributed by atoms with van der Waals surface area (Å²) in [4.78, 5) is 2.70. The number of hydrogen-bond donors (Lipinski definition) is 1. The van der Waals surface area contributed by atoms with E-state index in [1.807, 2.05) is 0 Å². The van der Waals surface area contributed by atoms with Crippen LogP contribution in [0.2, 0.25) is 0 Å². The van der Waals surface area contributed by atoms with Crippen LogP contribution in [0.25, 0.3) is 0 Å². The van der Waals surface area contributed by atoms with Crippen LogP contribution in [0.4, 0.5) is 0 Å². The maximum Gasteiger partial charge on any atom is 0.0332 e. The van der Waals surface area contributed by atoms with Crippen LogP contribution >= 0.6 is 0 Å². The zero-order chi connectivity index (χ0) is 14.9. The van der Waals surface area contributed by atoms with Crippen molar-refractivity contribution in [2.24, 2.45) is 0 Å². The summed E-state index contributed by atoms with van der Waals surface area (Å²) in [7, 11) is 0. The second-order valence-corrected chi connectivity index (χ2v) is 6.44. The summed E-state index contributed by atoms with van der Waals surface area (Å²) >= 11 is 0. The first-order chi connectivity index (χ1) is 10.3. The van der Waals surface area contributed by atoms with Gasteiger partial charge in [0.2, 0.25) is 0 Å². The Morgan fingerprint density at radius 1 is 1.19 bits per heavy atom. The number of likely N-dealkylation sites (tertiary alicyclic amines) is 1. The topological polar surface area (TPSA) is 15.3 Å². The number of hydrogen-bond acceptors (Lipinski definition) is 2. The van der Waals surface area contributed by atoms with E-state index in [1.54, 1.807) is 0 Å². The average Bonchev–Trinajstić information content (AvgIpc) is 2.73. The van der Waals surface area contributed by atoms with Gasteiger partial charge in [-0.15, -0.1) is 0 Å². The van der Waals surface area contributed by atoms with Crippen LogP contribution in [0.5, 0.6) is 0 Å². The van der Waals surface area contributed by atoms with Crippen molar-refractivity contribution in [2.75, 3.05) is 19.6 Å². The van der Waals surface area contributed by atoms with E-state index in [1.165, 1.54) is 57.2 Å². The van der Waals surface area contributed by atoms with E-state index < -0.39 is 0 Å². The van der Waals surface area contributed by atoms with Crippen LogP contribution in [0.1, 0.15) is 64.0 Å². The van der Waals surface area contributed by atoms with Crippen LogP contribution in [0.3, 0.4) is 0 Å². The summed E-state index contributed by atoms with van der Waals surface area (Å²) < 4.78 is 0. The molecule has 2 rings (SSSR count). The van der Waals surface area contributed by atoms with Gasteiger partial charge in [-0.2, -0.15) is 0 Å². The smallest absolute Gasteiger partial charge is 0.0332 e. The molecule has 1 aromatic carbocycles. The molecule has 1 fully saturated rings. The predicted molar refractivity (Wildman–Crippen MR) is 91.6 cm³/mol. The SMILES string of the molecule is CCCNC(CCN1CCCCCC1C)c1ccccc1. The Bertz CT molecular complexity index is 376. The summed E-state index contributed by atoms with van der Waals surface area (Å²) in [6.45, 7) is 8.26. The Morgan fingerprint density at radius 2 is 2.00 bits per heavy atom. The summed E-state index contributed by atoms with van der Waals surface area (Å²) in [5.41, 5.74) is 1.44. The molecule has 0 aromatic heterocycles. The molecule has 1 N–H and O–H groups in total. The lowest BCUT2D eigenvalue weighted by Crippen LogP contribution is -2.35. The molecular weight excluding hydrogens is 256 g/mol. The molecular formula is C19H32N2. The fraction of sp³-hybridized carbons (Fsp3) is 0.684. The molecule has 0 saturated carbocycles. The van der Waals surface area contributed by atoms with Crippen LogP contribution < -0.4 is 5.32 Å². The molecule has 1 aliphatic rings. The summed E-state index contributed by atoms with van der Waals surface area (Å²) in [5.74, 6) is 0. The lowest BCUT2D eigenvalue weighted by molar-refractivity contribution is 0.202. The molecule has 2 unspecified atom stereocenters. The first kappa shape index (κ1) is 16.5. The monoisotopic (exact) mass is 288 g/mol. The molecule has 0 amide bonds. The minimum Gasteiger partial charge on any atom is -0.310 e. The van der Waals surface area contributed by atoms with Crippen molar-refractivity contribution in [1.29, 1.82) is 0 Å². The summed E-state index contributed by atoms with van der Waals surface area (Å²) in [5, 5.41) is 3.73. The van der Waals surface area contributed by atoms with Gasteiger partial charge in [-0.1, -0.05) is 50.1 Å². The first-order valence-corrected chi connectivity index (χ1v) is 8.83. The van der Waals surface area contributed by atoms with Gasteiger partial charge in [-0.25, -0.2) is 0 Å². The Labute approximate surface area is 130 Å². The zero-order valence-corrected chi connectivity index (χ0v) is 13.9. The van der Waals surface area contributed by atoms with Gasteiger partial charge in [0.15, 0.2) is 0 Å². The second kappa shape index (κ2) is 9.22. The fourth-order valence-corrected chi connectivity index (χ4v) is 3.35. The third kappa shape index (κ3) is 5.44. The van der Waals surface area contributed by atoms with Gasteiger partial charge in [0, 0.05) is 18.6 Å². The van der Waals surface area contributed by atoms with Gasteiger partial charge < -0.3 is 10.2 Å². The van der Waals surface area contributed by atoms with Gasteiger partial charge in [0.25, 0.3) is 0 Å². The molecule has 1 aromatic rings. The Kier molecular flexibility index (Phi) is 7.25. The lowest BCUT2D eigenvalue weighted by atomic mass is 10.0. The summed E-state index contributed by atoms with van der Waals surface area (Å²) in [6.07, 6.45) is 7.99. The highest BCUT2D eigenvalue weighted by Gasteiger charge is 2.18. The van der Waals surface area contributed by atoms with E-state index in [0.717, 1.165) is 12.6 Å². The molecule has 0 bridgehead atoms. The molecule has 2 atom stereocenters. The van der Waals surface area contributed by atoms with Gasteiger partial charge in [-0.3, -0.25) is 0 Å². The summed E-state index contributed by atoms with van der Waals surface area (Å²) in [6, 6.07) is 12.2. The van der Waals surface area contributed by atoms with Gasteiger partial charge in [-0.05, 0) is 51.3 Å². The minimum atomic E-state index is 0.501. The molecule has 2 nitrogen and oxygen atoms in total. The van der Waals surface area contributed by atoms with Crippen molar-refractivity contribution in [1.82, 2.24) is 10.2 Å². The molecule has 21 heavy (non-hydrogen) atoms. The zero-order valence-electron chi connectivity index (χ0n) is 13.9. The van der Waals surface area contributed by atoms with Crippen LogP contribution in [-0.2, 0) is 0 Å². The van der Waals surface area contributed by atoms with Crippen molar-refractivity contribution in [3.05, 3.63) is 35.9 Å². The predicted octanol–water partition coefficient (Wildman–Crippen LogP) is 4.38. The molecule has 0 radical (unpaired) electrons. The second-order valence-electron chi connectivity index (χ2n) is 6.44.